The van der Waals surface area contributed by atoms with Crippen molar-refractivity contribution < 1.29 is 4.74 Å². The molecule has 0 saturated carbocycles. The first-order valence-electron chi connectivity index (χ1n) is 6.89. The maximum atomic E-state index is 6.04. The lowest BCUT2D eigenvalue weighted by Crippen LogP contribution is -2.20. The van der Waals surface area contributed by atoms with Crippen LogP contribution < -0.4 is 10.5 Å². The van der Waals surface area contributed by atoms with E-state index in [4.69, 9.17) is 10.5 Å². The van der Waals surface area contributed by atoms with Crippen LogP contribution in [0.25, 0.3) is 0 Å². The Balaban J connectivity index is 1.91. The van der Waals surface area contributed by atoms with E-state index in [0.717, 1.165) is 33.6 Å². The smallest absolute Gasteiger partial charge is 0.172 e. The fourth-order valence-electron chi connectivity index (χ4n) is 2.23. The van der Waals surface area contributed by atoms with E-state index in [-0.39, 0.29) is 6.10 Å². The zero-order valence-electron chi connectivity index (χ0n) is 11.7. The summed E-state index contributed by atoms with van der Waals surface area (Å²) < 4.78 is 7.00. The second kappa shape index (κ2) is 6.39. The Kier molecular flexibility index (Phi) is 4.54. The Morgan fingerprint density at radius 2 is 2.19 bits per heavy atom. The van der Waals surface area contributed by atoms with Gasteiger partial charge in [0.05, 0.1) is 9.26 Å². The molecule has 1 aromatic carbocycles. The fraction of sp³-hybridized carbons (Fsp3) is 0.333. The summed E-state index contributed by atoms with van der Waals surface area (Å²) in [4.78, 5) is 10.3. The van der Waals surface area contributed by atoms with Crippen molar-refractivity contribution in [1.82, 2.24) is 9.97 Å². The highest BCUT2D eigenvalue weighted by Gasteiger charge is 2.25. The summed E-state index contributed by atoms with van der Waals surface area (Å²) in [6, 6.07) is 8.06. The van der Waals surface area contributed by atoms with Crippen molar-refractivity contribution in [1.29, 1.82) is 0 Å². The van der Waals surface area contributed by atoms with Gasteiger partial charge in [0.1, 0.15) is 11.6 Å². The van der Waals surface area contributed by atoms with Crippen LogP contribution in [-0.2, 0) is 6.42 Å². The van der Waals surface area contributed by atoms with Gasteiger partial charge in [0, 0.05) is 10.6 Å². The second-order valence-electron chi connectivity index (χ2n) is 4.84. The van der Waals surface area contributed by atoms with Gasteiger partial charge in [0.2, 0.25) is 0 Å². The fourth-order valence-corrected chi connectivity index (χ4v) is 3.72. The topological polar surface area (TPSA) is 61.0 Å². The molecule has 1 aliphatic rings. The van der Waals surface area contributed by atoms with Crippen molar-refractivity contribution in [2.24, 2.45) is 0 Å². The number of halogens is 1. The molecule has 1 unspecified atom stereocenters. The third kappa shape index (κ3) is 3.11. The molecule has 1 atom stereocenters. The number of thioether (sulfide) groups is 1. The maximum absolute atomic E-state index is 6.04. The molecular weight excluding hydrogens is 397 g/mol. The summed E-state index contributed by atoms with van der Waals surface area (Å²) in [5, 5.41) is 0. The Morgan fingerprint density at radius 1 is 1.38 bits per heavy atom. The highest BCUT2D eigenvalue weighted by Crippen LogP contribution is 2.39. The van der Waals surface area contributed by atoms with Gasteiger partial charge in [-0.05, 0) is 41.1 Å². The van der Waals surface area contributed by atoms with Gasteiger partial charge < -0.3 is 10.5 Å². The quantitative estimate of drug-likeness (QED) is 0.775. The number of hydrogen-bond acceptors (Lipinski definition) is 5. The van der Waals surface area contributed by atoms with Crippen LogP contribution >= 0.6 is 34.4 Å². The predicted molar refractivity (Wildman–Crippen MR) is 93.7 cm³/mol. The Hall–Kier alpha value is -1.02. The van der Waals surface area contributed by atoms with Crippen molar-refractivity contribution in [2.75, 3.05) is 11.5 Å². The minimum Gasteiger partial charge on any atom is -0.480 e. The molecule has 1 aliphatic heterocycles. The number of nitrogens with zero attached hydrogens (tertiary/aromatic N) is 2. The minimum atomic E-state index is -0.139. The van der Waals surface area contributed by atoms with E-state index in [2.05, 4.69) is 45.5 Å². The van der Waals surface area contributed by atoms with E-state index in [9.17, 15) is 0 Å². The number of nitrogen functional groups attached to an aromatic ring is 1. The molecule has 0 aliphatic carbocycles. The first-order valence-corrected chi connectivity index (χ1v) is 8.95. The van der Waals surface area contributed by atoms with E-state index in [0.29, 0.717) is 11.6 Å². The van der Waals surface area contributed by atoms with Crippen molar-refractivity contribution >= 4 is 40.2 Å². The Morgan fingerprint density at radius 3 is 3.00 bits per heavy atom. The number of rotatable bonds is 3. The monoisotopic (exact) mass is 413 g/mol. The van der Waals surface area contributed by atoms with Crippen LogP contribution in [0.15, 0.2) is 29.2 Å². The zero-order chi connectivity index (χ0) is 14.8. The molecule has 3 rings (SSSR count). The summed E-state index contributed by atoms with van der Waals surface area (Å²) >= 11 is 3.99. The average Bonchev–Trinajstić information content (AvgIpc) is 2.51. The largest absolute Gasteiger partial charge is 0.480 e. The minimum absolute atomic E-state index is 0.139. The lowest BCUT2D eigenvalue weighted by molar-refractivity contribution is 0.210. The number of fused-ring (bicyclic) bond motifs is 1. The van der Waals surface area contributed by atoms with Gasteiger partial charge in [-0.1, -0.05) is 25.5 Å². The average molecular weight is 413 g/mol. The number of hydrogen-bond donors (Lipinski definition) is 1. The summed E-state index contributed by atoms with van der Waals surface area (Å²) in [5.41, 5.74) is 7.05. The molecule has 4 nitrogen and oxygen atoms in total. The van der Waals surface area contributed by atoms with Gasteiger partial charge >= 0.3 is 0 Å². The molecule has 0 fully saturated rings. The first-order chi connectivity index (χ1) is 10.2. The van der Waals surface area contributed by atoms with Crippen molar-refractivity contribution in [3.8, 4) is 5.75 Å². The van der Waals surface area contributed by atoms with E-state index >= 15 is 0 Å². The number of benzene rings is 1. The predicted octanol–water partition coefficient (Wildman–Crippen LogP) is 3.84. The van der Waals surface area contributed by atoms with Gasteiger partial charge in [-0.3, -0.25) is 0 Å². The molecule has 2 N–H and O–H groups in total. The van der Waals surface area contributed by atoms with Crippen LogP contribution in [-0.4, -0.2) is 15.7 Å². The molecule has 1 aromatic heterocycles. The number of para-hydroxylation sites is 1. The molecule has 6 heteroatoms. The standard InChI is InChI=1S/C15H16IN3OS/c1-2-5-9-13(16)14(17)19-15(18-9)11-8-21-12-7-4-3-6-10(12)20-11/h3-4,6-7,11H,2,5,8H2,1H3,(H2,17,18,19). The zero-order valence-corrected chi connectivity index (χ0v) is 14.6. The van der Waals surface area contributed by atoms with Gasteiger partial charge in [0.15, 0.2) is 11.9 Å². The molecule has 0 saturated heterocycles. The van der Waals surface area contributed by atoms with E-state index in [1.165, 1.54) is 4.90 Å². The second-order valence-corrected chi connectivity index (χ2v) is 6.98. The normalized spacial score (nSPS) is 17.1. The third-order valence-electron chi connectivity index (χ3n) is 3.25. The van der Waals surface area contributed by atoms with Crippen LogP contribution in [0.5, 0.6) is 5.75 Å². The van der Waals surface area contributed by atoms with Crippen LogP contribution in [0.1, 0.15) is 31.0 Å². The third-order valence-corrected chi connectivity index (χ3v) is 5.54. The molecule has 0 spiro atoms. The maximum Gasteiger partial charge on any atom is 0.172 e. The summed E-state index contributed by atoms with van der Waals surface area (Å²) in [6.07, 6.45) is 1.81. The van der Waals surface area contributed by atoms with Crippen LogP contribution in [0, 0.1) is 3.57 Å². The molecule has 0 radical (unpaired) electrons. The van der Waals surface area contributed by atoms with Gasteiger partial charge in [-0.2, -0.15) is 0 Å². The van der Waals surface area contributed by atoms with Crippen molar-refractivity contribution in [3.05, 3.63) is 39.4 Å². The van der Waals surface area contributed by atoms with Crippen molar-refractivity contribution in [3.63, 3.8) is 0 Å². The van der Waals surface area contributed by atoms with Crippen LogP contribution in [0.2, 0.25) is 0 Å². The molecule has 2 heterocycles. The molecular formula is C15H16IN3OS. The summed E-state index contributed by atoms with van der Waals surface area (Å²) in [6.45, 7) is 2.14. The Bertz CT molecular complexity index is 665. The van der Waals surface area contributed by atoms with Gasteiger partial charge in [0.25, 0.3) is 0 Å². The van der Waals surface area contributed by atoms with Gasteiger partial charge in [-0.15, -0.1) is 11.8 Å². The highest BCUT2D eigenvalue weighted by molar-refractivity contribution is 14.1. The lowest BCUT2D eigenvalue weighted by Gasteiger charge is -2.25. The Labute approximate surface area is 142 Å². The number of ether oxygens (including phenoxy) is 1. The van der Waals surface area contributed by atoms with Crippen LogP contribution in [0.3, 0.4) is 0 Å². The summed E-state index contributed by atoms with van der Waals surface area (Å²) in [5.74, 6) is 2.95. The molecule has 0 bridgehead atoms. The van der Waals surface area contributed by atoms with E-state index in [1.54, 1.807) is 11.8 Å². The van der Waals surface area contributed by atoms with Crippen molar-refractivity contribution in [2.45, 2.75) is 30.8 Å². The molecule has 0 amide bonds. The van der Waals surface area contributed by atoms with E-state index in [1.807, 2.05) is 18.2 Å². The first kappa shape index (κ1) is 14.9. The number of anilines is 1. The highest BCUT2D eigenvalue weighted by atomic mass is 127. The number of nitrogens with two attached hydrogens (primary N) is 1. The number of aromatic nitrogens is 2. The van der Waals surface area contributed by atoms with Gasteiger partial charge in [-0.25, -0.2) is 9.97 Å². The summed E-state index contributed by atoms with van der Waals surface area (Å²) in [7, 11) is 0. The number of aryl methyl sites for hydroxylation is 1. The SMILES string of the molecule is CCCc1nc(C2CSc3ccccc3O2)nc(N)c1I. The van der Waals surface area contributed by atoms with Crippen LogP contribution in [0.4, 0.5) is 5.82 Å². The molecule has 21 heavy (non-hydrogen) atoms. The molecule has 2 aromatic rings. The molecule has 110 valence electrons. The lowest BCUT2D eigenvalue weighted by atomic mass is 10.2. The van der Waals surface area contributed by atoms with E-state index < -0.39 is 0 Å².